The molecule has 1 aliphatic heterocycles. The fourth-order valence-corrected chi connectivity index (χ4v) is 4.11. The number of aliphatic imine (C=N–C) groups is 1. The minimum absolute atomic E-state index is 0.0307. The summed E-state index contributed by atoms with van der Waals surface area (Å²) < 4.78 is 30.4. The van der Waals surface area contributed by atoms with Crippen LogP contribution >= 0.6 is 11.8 Å². The molecule has 0 aromatic heterocycles. The Labute approximate surface area is 166 Å². The van der Waals surface area contributed by atoms with Crippen molar-refractivity contribution < 1.29 is 22.2 Å². The van der Waals surface area contributed by atoms with E-state index >= 15 is 0 Å². The lowest BCUT2D eigenvalue weighted by atomic mass is 10.2. The molecule has 0 unspecified atom stereocenters. The molecule has 0 saturated heterocycles. The minimum Gasteiger partial charge on any atom is -0.378 e. The van der Waals surface area contributed by atoms with E-state index in [0.717, 1.165) is 17.3 Å². The molecule has 28 heavy (non-hydrogen) atoms. The zero-order chi connectivity index (χ0) is 20.3. The Bertz CT molecular complexity index is 1100. The monoisotopic (exact) mass is 416 g/mol. The summed E-state index contributed by atoms with van der Waals surface area (Å²) in [5.41, 5.74) is 1.32. The minimum atomic E-state index is -4.03. The molecule has 0 aliphatic carbocycles. The summed E-state index contributed by atoms with van der Waals surface area (Å²) in [6.07, 6.45) is 1.48. The van der Waals surface area contributed by atoms with E-state index in [1.807, 2.05) is 6.92 Å². The van der Waals surface area contributed by atoms with Crippen LogP contribution in [0.1, 0.15) is 18.1 Å². The molecule has 1 N–H and O–H groups in total. The zero-order valence-corrected chi connectivity index (χ0v) is 16.6. The van der Waals surface area contributed by atoms with Gasteiger partial charge in [0.25, 0.3) is 5.91 Å². The molecule has 9 heteroatoms. The molecule has 1 heterocycles. The van der Waals surface area contributed by atoms with Crippen molar-refractivity contribution >= 4 is 44.9 Å². The van der Waals surface area contributed by atoms with Gasteiger partial charge in [-0.1, -0.05) is 35.9 Å². The average Bonchev–Trinajstić information content (AvgIpc) is 2.95. The number of carbonyl (C=O) groups excluding carboxylic acids is 2. The summed E-state index contributed by atoms with van der Waals surface area (Å²) in [4.78, 5) is 27.2. The van der Waals surface area contributed by atoms with E-state index < -0.39 is 16.0 Å². The van der Waals surface area contributed by atoms with Crippen LogP contribution in [0.2, 0.25) is 0 Å². The van der Waals surface area contributed by atoms with Crippen LogP contribution in [0, 0.1) is 6.92 Å². The van der Waals surface area contributed by atoms with E-state index in [4.69, 9.17) is 4.18 Å². The van der Waals surface area contributed by atoms with Crippen LogP contribution in [0.4, 0.5) is 0 Å². The summed E-state index contributed by atoms with van der Waals surface area (Å²) in [5.74, 6) is -0.782. The van der Waals surface area contributed by atoms with Gasteiger partial charge in [0.2, 0.25) is 5.91 Å². The van der Waals surface area contributed by atoms with Gasteiger partial charge in [0.15, 0.2) is 5.17 Å². The van der Waals surface area contributed by atoms with Crippen LogP contribution in [-0.4, -0.2) is 25.4 Å². The molecular formula is C19H16N2O5S2. The number of carbonyl (C=O) groups is 2. The van der Waals surface area contributed by atoms with Gasteiger partial charge in [-0.05, 0) is 43.0 Å². The molecule has 0 radical (unpaired) electrons. The third kappa shape index (κ3) is 4.68. The van der Waals surface area contributed by atoms with Gasteiger partial charge in [0.1, 0.15) is 10.6 Å². The summed E-state index contributed by atoms with van der Waals surface area (Å²) in [6, 6.07) is 12.7. The number of thioether (sulfide) groups is 1. The first kappa shape index (κ1) is 19.8. The van der Waals surface area contributed by atoms with Gasteiger partial charge in [0.05, 0.1) is 4.91 Å². The second-order valence-electron chi connectivity index (χ2n) is 5.90. The molecule has 2 aromatic rings. The molecule has 2 aromatic carbocycles. The van der Waals surface area contributed by atoms with Crippen LogP contribution in [-0.2, 0) is 19.7 Å². The number of nitrogens with zero attached hydrogens (tertiary/aromatic N) is 1. The number of hydrogen-bond acceptors (Lipinski definition) is 6. The second-order valence-corrected chi connectivity index (χ2v) is 8.48. The number of amides is 2. The molecular weight excluding hydrogens is 400 g/mol. The van der Waals surface area contributed by atoms with E-state index in [1.54, 1.807) is 30.3 Å². The Balaban J connectivity index is 1.87. The predicted octanol–water partition coefficient (Wildman–Crippen LogP) is 2.87. The lowest BCUT2D eigenvalue weighted by molar-refractivity contribution is -0.117. The summed E-state index contributed by atoms with van der Waals surface area (Å²) in [5, 5.41) is 2.63. The number of nitrogens with one attached hydrogen (secondary N) is 1. The highest BCUT2D eigenvalue weighted by molar-refractivity contribution is 8.18. The van der Waals surface area contributed by atoms with Crippen molar-refractivity contribution in [3.8, 4) is 5.75 Å². The summed E-state index contributed by atoms with van der Waals surface area (Å²) in [6.45, 7) is 3.17. The molecule has 1 aliphatic rings. The third-order valence-electron chi connectivity index (χ3n) is 3.62. The van der Waals surface area contributed by atoms with Gasteiger partial charge >= 0.3 is 10.1 Å². The van der Waals surface area contributed by atoms with Gasteiger partial charge < -0.3 is 9.50 Å². The highest BCUT2D eigenvalue weighted by Crippen LogP contribution is 2.31. The average molecular weight is 416 g/mol. The van der Waals surface area contributed by atoms with Gasteiger partial charge in [-0.3, -0.25) is 9.59 Å². The Hall–Kier alpha value is -2.91. The quantitative estimate of drug-likeness (QED) is 0.607. The van der Waals surface area contributed by atoms with Crippen molar-refractivity contribution in [3.05, 3.63) is 64.6 Å². The molecule has 7 nitrogen and oxygen atoms in total. The van der Waals surface area contributed by atoms with Crippen LogP contribution in [0.25, 0.3) is 6.08 Å². The number of para-hydroxylation sites is 1. The topological polar surface area (TPSA) is 102 Å². The van der Waals surface area contributed by atoms with E-state index in [-0.39, 0.29) is 26.6 Å². The maximum Gasteiger partial charge on any atom is 0.339 e. The number of hydrogen-bond donors (Lipinski definition) is 1. The Morgan fingerprint density at radius 1 is 1.14 bits per heavy atom. The van der Waals surface area contributed by atoms with Crippen molar-refractivity contribution in [3.63, 3.8) is 0 Å². The second kappa shape index (κ2) is 7.99. The molecule has 0 bridgehead atoms. The zero-order valence-electron chi connectivity index (χ0n) is 15.0. The summed E-state index contributed by atoms with van der Waals surface area (Å²) in [7, 11) is -4.03. The number of aryl methyl sites for hydroxylation is 1. The van der Waals surface area contributed by atoms with Crippen LogP contribution in [0.15, 0.2) is 63.3 Å². The van der Waals surface area contributed by atoms with Crippen molar-refractivity contribution in [2.75, 3.05) is 0 Å². The largest absolute Gasteiger partial charge is 0.378 e. The standard InChI is InChI=1S/C19H16N2O5S2/c1-12-7-9-15(10-8-12)28(24,25)26-16-6-4-3-5-14(16)11-17-18(23)21-19(27-17)20-13(2)22/h3-11H,1-2H3,(H,20,21,22,23). The van der Waals surface area contributed by atoms with Gasteiger partial charge in [-0.2, -0.15) is 13.4 Å². The van der Waals surface area contributed by atoms with Gasteiger partial charge in [-0.15, -0.1) is 0 Å². The van der Waals surface area contributed by atoms with E-state index in [9.17, 15) is 18.0 Å². The molecule has 2 amide bonds. The summed E-state index contributed by atoms with van der Waals surface area (Å²) >= 11 is 0.991. The highest BCUT2D eigenvalue weighted by atomic mass is 32.2. The molecule has 0 fully saturated rings. The van der Waals surface area contributed by atoms with E-state index in [1.165, 1.54) is 31.2 Å². The smallest absolute Gasteiger partial charge is 0.339 e. The first-order chi connectivity index (χ1) is 13.2. The van der Waals surface area contributed by atoms with Crippen molar-refractivity contribution in [2.24, 2.45) is 4.99 Å². The highest BCUT2D eigenvalue weighted by Gasteiger charge is 2.24. The van der Waals surface area contributed by atoms with Crippen LogP contribution in [0.5, 0.6) is 5.75 Å². The maximum absolute atomic E-state index is 12.6. The number of benzene rings is 2. The molecule has 3 rings (SSSR count). The lowest BCUT2D eigenvalue weighted by Crippen LogP contribution is -2.23. The fraction of sp³-hybridized carbons (Fsp3) is 0.105. The normalized spacial score (nSPS) is 15.4. The first-order valence-electron chi connectivity index (χ1n) is 8.15. The van der Waals surface area contributed by atoms with Crippen molar-refractivity contribution in [1.82, 2.24) is 5.32 Å². The molecule has 0 atom stereocenters. The van der Waals surface area contributed by atoms with E-state index in [2.05, 4.69) is 10.3 Å². The maximum atomic E-state index is 12.6. The Morgan fingerprint density at radius 3 is 2.50 bits per heavy atom. The van der Waals surface area contributed by atoms with Crippen LogP contribution in [0.3, 0.4) is 0 Å². The van der Waals surface area contributed by atoms with Gasteiger partial charge in [-0.25, -0.2) is 0 Å². The molecule has 0 saturated carbocycles. The molecule has 144 valence electrons. The predicted molar refractivity (Wildman–Crippen MR) is 107 cm³/mol. The Kier molecular flexibility index (Phi) is 5.66. The van der Waals surface area contributed by atoms with E-state index in [0.29, 0.717) is 5.56 Å². The fourth-order valence-electron chi connectivity index (χ4n) is 2.30. The number of rotatable bonds is 4. The Morgan fingerprint density at radius 2 is 1.82 bits per heavy atom. The van der Waals surface area contributed by atoms with Crippen LogP contribution < -0.4 is 9.50 Å². The molecule has 0 spiro atoms. The third-order valence-corrected chi connectivity index (χ3v) is 5.77. The SMILES string of the molecule is CC(=O)NC1=NC(=O)C(=Cc2ccccc2OS(=O)(=O)c2ccc(C)cc2)S1. The van der Waals surface area contributed by atoms with Gasteiger partial charge in [0, 0.05) is 12.5 Å². The lowest BCUT2D eigenvalue weighted by Gasteiger charge is -2.10. The first-order valence-corrected chi connectivity index (χ1v) is 10.4. The van der Waals surface area contributed by atoms with Crippen molar-refractivity contribution in [1.29, 1.82) is 0 Å². The number of amidine groups is 1. The van der Waals surface area contributed by atoms with Crippen molar-refractivity contribution in [2.45, 2.75) is 18.7 Å².